The molecule has 5 nitrogen and oxygen atoms in total. The SMILES string of the molecule is CC(C)C[C@H](C(=O)O)N1C(=O)/C(=C/c2cn(C)c3ccccc23)SC1=S. The van der Waals surface area contributed by atoms with Crippen LogP contribution in [0.1, 0.15) is 25.8 Å². The Kier molecular flexibility index (Phi) is 5.20. The Labute approximate surface area is 161 Å². The highest BCUT2D eigenvalue weighted by Crippen LogP contribution is 2.36. The van der Waals surface area contributed by atoms with Crippen molar-refractivity contribution in [3.63, 3.8) is 0 Å². The van der Waals surface area contributed by atoms with E-state index in [9.17, 15) is 14.7 Å². The lowest BCUT2D eigenvalue weighted by atomic mass is 10.0. The number of amides is 1. The molecule has 0 radical (unpaired) electrons. The van der Waals surface area contributed by atoms with Crippen LogP contribution in [0.15, 0.2) is 35.4 Å². The van der Waals surface area contributed by atoms with E-state index in [1.54, 1.807) is 6.08 Å². The van der Waals surface area contributed by atoms with Gasteiger partial charge in [-0.05, 0) is 24.5 Å². The number of aromatic nitrogens is 1. The number of rotatable bonds is 5. The molecule has 136 valence electrons. The van der Waals surface area contributed by atoms with Crippen LogP contribution in [0.4, 0.5) is 0 Å². The van der Waals surface area contributed by atoms with Gasteiger partial charge in [0.05, 0.1) is 4.91 Å². The summed E-state index contributed by atoms with van der Waals surface area (Å²) in [5, 5.41) is 10.6. The lowest BCUT2D eigenvalue weighted by molar-refractivity contribution is -0.145. The predicted molar refractivity (Wildman–Crippen MR) is 109 cm³/mol. The normalized spacial score (nSPS) is 17.7. The van der Waals surface area contributed by atoms with E-state index in [0.29, 0.717) is 15.6 Å². The van der Waals surface area contributed by atoms with E-state index in [2.05, 4.69) is 0 Å². The van der Waals surface area contributed by atoms with Crippen molar-refractivity contribution in [2.45, 2.75) is 26.3 Å². The molecular weight excluding hydrogens is 368 g/mol. The third kappa shape index (κ3) is 3.41. The highest BCUT2D eigenvalue weighted by Gasteiger charge is 2.40. The molecule has 2 heterocycles. The second-order valence-corrected chi connectivity index (χ2v) is 8.42. The van der Waals surface area contributed by atoms with Gasteiger partial charge in [0.1, 0.15) is 10.4 Å². The molecule has 1 aliphatic rings. The molecule has 1 fully saturated rings. The topological polar surface area (TPSA) is 62.5 Å². The maximum absolute atomic E-state index is 12.9. The molecule has 0 unspecified atom stereocenters. The van der Waals surface area contributed by atoms with Gasteiger partial charge < -0.3 is 9.67 Å². The van der Waals surface area contributed by atoms with Gasteiger partial charge in [0, 0.05) is 29.7 Å². The minimum atomic E-state index is -1.03. The Bertz CT molecular complexity index is 930. The van der Waals surface area contributed by atoms with Gasteiger partial charge in [0.2, 0.25) is 0 Å². The number of thiocarbonyl (C=S) groups is 1. The molecule has 0 spiro atoms. The number of aryl methyl sites for hydroxylation is 1. The Morgan fingerprint density at radius 1 is 1.35 bits per heavy atom. The number of benzene rings is 1. The van der Waals surface area contributed by atoms with Crippen molar-refractivity contribution in [1.82, 2.24) is 9.47 Å². The van der Waals surface area contributed by atoms with E-state index in [4.69, 9.17) is 12.2 Å². The molecule has 1 N–H and O–H groups in total. The highest BCUT2D eigenvalue weighted by molar-refractivity contribution is 8.26. The quantitative estimate of drug-likeness (QED) is 0.622. The van der Waals surface area contributed by atoms with Crippen molar-refractivity contribution in [2.24, 2.45) is 13.0 Å². The van der Waals surface area contributed by atoms with Crippen LogP contribution in [0.5, 0.6) is 0 Å². The summed E-state index contributed by atoms with van der Waals surface area (Å²) in [6.07, 6.45) is 4.12. The zero-order chi connectivity index (χ0) is 19.0. The van der Waals surface area contributed by atoms with Gasteiger partial charge in [-0.25, -0.2) is 4.79 Å². The predicted octanol–water partition coefficient (Wildman–Crippen LogP) is 3.88. The number of aliphatic carboxylic acids is 1. The van der Waals surface area contributed by atoms with Gasteiger partial charge in [0.15, 0.2) is 0 Å². The maximum atomic E-state index is 12.9. The first-order valence-electron chi connectivity index (χ1n) is 8.33. The first-order chi connectivity index (χ1) is 12.3. The molecule has 0 bridgehead atoms. The first-order valence-corrected chi connectivity index (χ1v) is 9.56. The van der Waals surface area contributed by atoms with Crippen LogP contribution in [-0.4, -0.2) is 36.8 Å². The zero-order valence-electron chi connectivity index (χ0n) is 14.8. The molecule has 2 aromatic rings. The number of carboxylic acid groups (broad SMARTS) is 1. The number of carbonyl (C=O) groups is 2. The Hall–Kier alpha value is -2.12. The number of nitrogens with zero attached hydrogens (tertiary/aromatic N) is 2. The molecule has 26 heavy (non-hydrogen) atoms. The third-order valence-corrected chi connectivity index (χ3v) is 5.66. The summed E-state index contributed by atoms with van der Waals surface area (Å²) in [6.45, 7) is 3.86. The van der Waals surface area contributed by atoms with E-state index in [-0.39, 0.29) is 11.8 Å². The van der Waals surface area contributed by atoms with Crippen LogP contribution in [0.25, 0.3) is 17.0 Å². The number of carboxylic acids is 1. The summed E-state index contributed by atoms with van der Waals surface area (Å²) in [7, 11) is 1.95. The van der Waals surface area contributed by atoms with E-state index < -0.39 is 12.0 Å². The number of hydrogen-bond donors (Lipinski definition) is 1. The van der Waals surface area contributed by atoms with E-state index in [1.165, 1.54) is 4.90 Å². The molecule has 7 heteroatoms. The van der Waals surface area contributed by atoms with Gasteiger partial charge in [-0.3, -0.25) is 9.69 Å². The summed E-state index contributed by atoms with van der Waals surface area (Å²) < 4.78 is 2.30. The lowest BCUT2D eigenvalue weighted by Gasteiger charge is -2.24. The second-order valence-electron chi connectivity index (χ2n) is 6.75. The van der Waals surface area contributed by atoms with Gasteiger partial charge >= 0.3 is 5.97 Å². The average Bonchev–Trinajstić information content (AvgIpc) is 3.03. The molecule has 1 atom stereocenters. The monoisotopic (exact) mass is 388 g/mol. The fraction of sp³-hybridized carbons (Fsp3) is 0.316. The van der Waals surface area contributed by atoms with Crippen LogP contribution in [0.2, 0.25) is 0 Å². The molecule has 0 aliphatic carbocycles. The highest BCUT2D eigenvalue weighted by atomic mass is 32.2. The van der Waals surface area contributed by atoms with Crippen LogP contribution in [-0.2, 0) is 16.6 Å². The van der Waals surface area contributed by atoms with Gasteiger partial charge in [-0.1, -0.05) is 56.0 Å². The van der Waals surface area contributed by atoms with Crippen molar-refractivity contribution >= 4 is 57.2 Å². The number of para-hydroxylation sites is 1. The molecule has 3 rings (SSSR count). The second kappa shape index (κ2) is 7.25. The first kappa shape index (κ1) is 18.7. The summed E-state index contributed by atoms with van der Waals surface area (Å²) in [5.41, 5.74) is 1.98. The smallest absolute Gasteiger partial charge is 0.326 e. The minimum absolute atomic E-state index is 0.141. The minimum Gasteiger partial charge on any atom is -0.480 e. The van der Waals surface area contributed by atoms with E-state index in [1.807, 2.05) is 55.9 Å². The van der Waals surface area contributed by atoms with E-state index >= 15 is 0 Å². The molecule has 0 saturated carbocycles. The van der Waals surface area contributed by atoms with Gasteiger partial charge in [-0.2, -0.15) is 0 Å². The van der Waals surface area contributed by atoms with Crippen molar-refractivity contribution in [3.8, 4) is 0 Å². The van der Waals surface area contributed by atoms with Gasteiger partial charge in [-0.15, -0.1) is 0 Å². The molecular formula is C19H20N2O3S2. The molecule has 1 aliphatic heterocycles. The van der Waals surface area contributed by atoms with Crippen LogP contribution >= 0.6 is 24.0 Å². The summed E-state index contributed by atoms with van der Waals surface area (Å²) in [4.78, 5) is 26.2. The largest absolute Gasteiger partial charge is 0.480 e. The van der Waals surface area contributed by atoms with Gasteiger partial charge in [0.25, 0.3) is 5.91 Å². The van der Waals surface area contributed by atoms with Crippen molar-refractivity contribution < 1.29 is 14.7 Å². The molecule has 1 aromatic heterocycles. The summed E-state index contributed by atoms with van der Waals surface area (Å²) >= 11 is 6.48. The number of carbonyl (C=O) groups excluding carboxylic acids is 1. The van der Waals surface area contributed by atoms with Crippen molar-refractivity contribution in [1.29, 1.82) is 0 Å². The molecule has 1 aromatic carbocycles. The Morgan fingerprint density at radius 3 is 2.69 bits per heavy atom. The summed E-state index contributed by atoms with van der Waals surface area (Å²) in [6, 6.07) is 7.01. The Morgan fingerprint density at radius 2 is 2.04 bits per heavy atom. The fourth-order valence-corrected chi connectivity index (χ4v) is 4.49. The number of fused-ring (bicyclic) bond motifs is 1. The number of hydrogen-bond acceptors (Lipinski definition) is 4. The zero-order valence-corrected chi connectivity index (χ0v) is 16.4. The average molecular weight is 389 g/mol. The lowest BCUT2D eigenvalue weighted by Crippen LogP contribution is -2.44. The van der Waals surface area contributed by atoms with Crippen molar-refractivity contribution in [3.05, 3.63) is 40.9 Å². The third-order valence-electron chi connectivity index (χ3n) is 4.33. The molecule has 1 saturated heterocycles. The molecule has 1 amide bonds. The maximum Gasteiger partial charge on any atom is 0.326 e. The fourth-order valence-electron chi connectivity index (χ4n) is 3.14. The van der Waals surface area contributed by atoms with Crippen LogP contribution in [0.3, 0.4) is 0 Å². The van der Waals surface area contributed by atoms with Crippen LogP contribution < -0.4 is 0 Å². The van der Waals surface area contributed by atoms with Crippen molar-refractivity contribution in [2.75, 3.05) is 0 Å². The summed E-state index contributed by atoms with van der Waals surface area (Å²) in [5.74, 6) is -1.22. The van der Waals surface area contributed by atoms with E-state index in [0.717, 1.165) is 28.2 Å². The number of thioether (sulfide) groups is 1. The Balaban J connectivity index is 1.97. The van der Waals surface area contributed by atoms with Crippen LogP contribution in [0, 0.1) is 5.92 Å². The standard InChI is InChI=1S/C19H20N2O3S2/c1-11(2)8-15(18(23)24)21-17(22)16(26-19(21)25)9-12-10-20(3)14-7-5-4-6-13(12)14/h4-7,9-11,15H,8H2,1-3H3,(H,23,24)/b16-9-/t15-/m1/s1.